The zero-order valence-electron chi connectivity index (χ0n) is 23.7. The molecule has 0 bridgehead atoms. The third-order valence-corrected chi connectivity index (χ3v) is 8.67. The number of aliphatic carboxylic acids is 1. The van der Waals surface area contributed by atoms with E-state index < -0.39 is 35.2 Å². The van der Waals surface area contributed by atoms with Crippen LogP contribution in [0.25, 0.3) is 0 Å². The summed E-state index contributed by atoms with van der Waals surface area (Å²) in [6, 6.07) is 11.9. The monoisotopic (exact) mass is 556 g/mol. The van der Waals surface area contributed by atoms with Gasteiger partial charge in [-0.3, -0.25) is 9.59 Å². The van der Waals surface area contributed by atoms with Gasteiger partial charge in [0.15, 0.2) is 0 Å². The van der Waals surface area contributed by atoms with E-state index in [1.54, 1.807) is 0 Å². The SMILES string of the molecule is CC(C)(C)c1cccc(C2(NC[C@@H](O)[C@]3(NC(=O)CCCC(=O)O)CC3c3cc(F)cc(F)c3)CCCCC2)c1. The van der Waals surface area contributed by atoms with Crippen molar-refractivity contribution in [3.05, 3.63) is 70.8 Å². The molecule has 40 heavy (non-hydrogen) atoms. The number of carboxylic acid groups (broad SMARTS) is 1. The number of hydrogen-bond donors (Lipinski definition) is 4. The molecule has 3 atom stereocenters. The lowest BCUT2D eigenvalue weighted by Crippen LogP contribution is -2.54. The normalized spacial score (nSPS) is 22.9. The van der Waals surface area contributed by atoms with Gasteiger partial charge in [0.1, 0.15) is 11.6 Å². The van der Waals surface area contributed by atoms with Crippen LogP contribution in [0, 0.1) is 11.6 Å². The first-order chi connectivity index (χ1) is 18.8. The van der Waals surface area contributed by atoms with Gasteiger partial charge < -0.3 is 20.8 Å². The number of carbonyl (C=O) groups excluding carboxylic acids is 1. The maximum atomic E-state index is 14.1. The van der Waals surface area contributed by atoms with Gasteiger partial charge in [0, 0.05) is 36.9 Å². The van der Waals surface area contributed by atoms with E-state index >= 15 is 0 Å². The van der Waals surface area contributed by atoms with Gasteiger partial charge in [0.05, 0.1) is 11.6 Å². The molecule has 1 amide bonds. The van der Waals surface area contributed by atoms with Crippen LogP contribution < -0.4 is 10.6 Å². The summed E-state index contributed by atoms with van der Waals surface area (Å²) in [4.78, 5) is 23.7. The highest BCUT2D eigenvalue weighted by molar-refractivity contribution is 5.78. The molecule has 0 heterocycles. The summed E-state index contributed by atoms with van der Waals surface area (Å²) in [5.41, 5.74) is 1.35. The van der Waals surface area contributed by atoms with Gasteiger partial charge in [-0.25, -0.2) is 8.78 Å². The van der Waals surface area contributed by atoms with Crippen molar-refractivity contribution in [2.45, 2.75) is 107 Å². The molecule has 4 N–H and O–H groups in total. The molecule has 8 heteroatoms. The number of amides is 1. The Kier molecular flexibility index (Phi) is 9.00. The van der Waals surface area contributed by atoms with Crippen LogP contribution in [0.5, 0.6) is 0 Å². The maximum absolute atomic E-state index is 14.1. The summed E-state index contributed by atoms with van der Waals surface area (Å²) in [7, 11) is 0. The second-order valence-corrected chi connectivity index (χ2v) is 12.7. The quantitative estimate of drug-likeness (QED) is 0.286. The topological polar surface area (TPSA) is 98.7 Å². The third-order valence-electron chi connectivity index (χ3n) is 8.67. The Hall–Kier alpha value is -2.84. The summed E-state index contributed by atoms with van der Waals surface area (Å²) < 4.78 is 28.1. The molecule has 2 aliphatic carbocycles. The molecular weight excluding hydrogens is 514 g/mol. The Bertz CT molecular complexity index is 1200. The Morgan fingerprint density at radius 1 is 1.02 bits per heavy atom. The van der Waals surface area contributed by atoms with Gasteiger partial charge in [-0.15, -0.1) is 0 Å². The van der Waals surface area contributed by atoms with Crippen molar-refractivity contribution in [1.29, 1.82) is 0 Å². The number of hydrogen-bond acceptors (Lipinski definition) is 4. The standard InChI is InChI=1S/C32H42F2N2O4/c1-30(2,3)22-9-7-10-23(17-22)31(13-5-4-6-14-31)35-20-27(37)32(36-28(38)11-8-12-29(39)40)19-26(32)21-15-24(33)18-25(34)16-21/h7,9-10,15-18,26-27,35,37H,4-6,8,11-14,19-20H2,1-3H3,(H,36,38)(H,39,40)/t26?,27-,32+/m1/s1. The van der Waals surface area contributed by atoms with E-state index in [0.717, 1.165) is 38.2 Å². The lowest BCUT2D eigenvalue weighted by Gasteiger charge is -2.41. The molecule has 2 saturated carbocycles. The highest BCUT2D eigenvalue weighted by atomic mass is 19.1. The largest absolute Gasteiger partial charge is 0.481 e. The molecule has 0 saturated heterocycles. The van der Waals surface area contributed by atoms with Crippen LogP contribution >= 0.6 is 0 Å². The summed E-state index contributed by atoms with van der Waals surface area (Å²) in [5.74, 6) is -3.26. The van der Waals surface area contributed by atoms with Crippen LogP contribution in [-0.4, -0.2) is 40.3 Å². The predicted molar refractivity (Wildman–Crippen MR) is 150 cm³/mol. The highest BCUT2D eigenvalue weighted by Crippen LogP contribution is 2.54. The summed E-state index contributed by atoms with van der Waals surface area (Å²) in [6.45, 7) is 6.73. The zero-order valence-corrected chi connectivity index (χ0v) is 23.7. The average Bonchev–Trinajstić information content (AvgIpc) is 3.62. The second-order valence-electron chi connectivity index (χ2n) is 12.7. The van der Waals surface area contributed by atoms with Crippen molar-refractivity contribution in [2.75, 3.05) is 6.54 Å². The van der Waals surface area contributed by atoms with Crippen molar-refractivity contribution in [2.24, 2.45) is 0 Å². The van der Waals surface area contributed by atoms with Gasteiger partial charge in [-0.05, 0) is 59.9 Å². The summed E-state index contributed by atoms with van der Waals surface area (Å²) >= 11 is 0. The van der Waals surface area contributed by atoms with Gasteiger partial charge in [0.2, 0.25) is 5.91 Å². The molecule has 0 radical (unpaired) electrons. The van der Waals surface area contributed by atoms with Gasteiger partial charge in [-0.1, -0.05) is 64.3 Å². The summed E-state index contributed by atoms with van der Waals surface area (Å²) in [5, 5.41) is 27.1. The second kappa shape index (κ2) is 12.0. The number of carbonyl (C=O) groups is 2. The molecule has 4 rings (SSSR count). The fraction of sp³-hybridized carbons (Fsp3) is 0.562. The Balaban J connectivity index is 1.57. The molecular formula is C32H42F2N2O4. The lowest BCUT2D eigenvalue weighted by molar-refractivity contribution is -0.137. The minimum Gasteiger partial charge on any atom is -0.481 e. The van der Waals surface area contributed by atoms with Crippen molar-refractivity contribution in [3.8, 4) is 0 Å². The predicted octanol–water partition coefficient (Wildman–Crippen LogP) is 5.67. The molecule has 0 spiro atoms. The fourth-order valence-corrected chi connectivity index (χ4v) is 6.26. The molecule has 0 aliphatic heterocycles. The van der Waals surface area contributed by atoms with E-state index in [4.69, 9.17) is 5.11 Å². The number of carboxylic acids is 1. The number of aliphatic hydroxyl groups excluding tert-OH is 1. The number of benzene rings is 2. The molecule has 2 aromatic rings. The smallest absolute Gasteiger partial charge is 0.303 e. The highest BCUT2D eigenvalue weighted by Gasteiger charge is 2.60. The Morgan fingerprint density at radius 2 is 1.70 bits per heavy atom. The van der Waals surface area contributed by atoms with Crippen LogP contribution in [0.1, 0.15) is 101 Å². The Labute approximate surface area is 235 Å². The molecule has 1 unspecified atom stereocenters. The zero-order chi connectivity index (χ0) is 29.1. The van der Waals surface area contributed by atoms with Crippen LogP contribution in [0.4, 0.5) is 8.78 Å². The molecule has 0 aromatic heterocycles. The molecule has 2 aliphatic rings. The van der Waals surface area contributed by atoms with Crippen LogP contribution in [0.2, 0.25) is 0 Å². The minimum atomic E-state index is -1.10. The Morgan fingerprint density at radius 3 is 2.33 bits per heavy atom. The summed E-state index contributed by atoms with van der Waals surface area (Å²) in [6.07, 6.45) is 4.40. The van der Waals surface area contributed by atoms with Gasteiger partial charge in [0.25, 0.3) is 0 Å². The number of rotatable bonds is 11. The fourth-order valence-electron chi connectivity index (χ4n) is 6.26. The first kappa shape index (κ1) is 30.1. The van der Waals surface area contributed by atoms with Gasteiger partial charge >= 0.3 is 5.97 Å². The minimum absolute atomic E-state index is 0.0119. The average molecular weight is 557 g/mol. The number of nitrogens with one attached hydrogen (secondary N) is 2. The van der Waals surface area contributed by atoms with Crippen molar-refractivity contribution in [1.82, 2.24) is 10.6 Å². The van der Waals surface area contributed by atoms with E-state index in [1.165, 1.54) is 23.3 Å². The van der Waals surface area contributed by atoms with Crippen LogP contribution in [0.15, 0.2) is 42.5 Å². The number of aliphatic hydroxyl groups is 1. The number of halogens is 2. The molecule has 2 aromatic carbocycles. The van der Waals surface area contributed by atoms with E-state index in [9.17, 15) is 23.5 Å². The first-order valence-corrected chi connectivity index (χ1v) is 14.4. The van der Waals surface area contributed by atoms with Crippen molar-refractivity contribution >= 4 is 11.9 Å². The van der Waals surface area contributed by atoms with Crippen LogP contribution in [0.3, 0.4) is 0 Å². The molecule has 2 fully saturated rings. The molecule has 6 nitrogen and oxygen atoms in total. The van der Waals surface area contributed by atoms with Crippen molar-refractivity contribution < 1.29 is 28.6 Å². The molecule has 218 valence electrons. The third kappa shape index (κ3) is 6.89. The lowest BCUT2D eigenvalue weighted by atomic mass is 9.74. The van der Waals surface area contributed by atoms with Gasteiger partial charge in [-0.2, -0.15) is 0 Å². The van der Waals surface area contributed by atoms with Crippen molar-refractivity contribution in [3.63, 3.8) is 0 Å². The van der Waals surface area contributed by atoms with E-state index in [1.807, 2.05) is 0 Å². The first-order valence-electron chi connectivity index (χ1n) is 14.4. The maximum Gasteiger partial charge on any atom is 0.303 e. The van der Waals surface area contributed by atoms with E-state index in [-0.39, 0.29) is 42.7 Å². The van der Waals surface area contributed by atoms with Crippen LogP contribution in [-0.2, 0) is 20.5 Å². The van der Waals surface area contributed by atoms with E-state index in [0.29, 0.717) is 12.0 Å². The van der Waals surface area contributed by atoms with E-state index in [2.05, 4.69) is 55.7 Å².